The smallest absolute Gasteiger partial charge is 0.248 e. The minimum atomic E-state index is -0.698. The van der Waals surface area contributed by atoms with Crippen LogP contribution in [0.15, 0.2) is 22.6 Å². The van der Waals surface area contributed by atoms with Gasteiger partial charge in [0.25, 0.3) is 0 Å². The van der Waals surface area contributed by atoms with Crippen molar-refractivity contribution in [2.75, 3.05) is 0 Å². The van der Waals surface area contributed by atoms with Gasteiger partial charge in [-0.25, -0.2) is 8.78 Å². The lowest BCUT2D eigenvalue weighted by molar-refractivity contribution is 0.524. The number of halogens is 3. The molecule has 0 amide bonds. The first kappa shape index (κ1) is 10.0. The lowest BCUT2D eigenvalue weighted by atomic mass is 10.2. The molecular weight excluding hydrogens is 226 g/mol. The summed E-state index contributed by atoms with van der Waals surface area (Å²) in [6.07, 6.45) is 0. The van der Waals surface area contributed by atoms with Gasteiger partial charge in [0.1, 0.15) is 17.5 Å². The number of benzene rings is 1. The first-order valence-electron chi connectivity index (χ1n) is 4.04. The fourth-order valence-corrected chi connectivity index (χ4v) is 1.21. The molecule has 1 aromatic carbocycles. The Morgan fingerprint density at radius 3 is 2.33 bits per heavy atom. The van der Waals surface area contributed by atoms with Gasteiger partial charge in [0, 0.05) is 11.6 Å². The molecule has 0 aliphatic heterocycles. The minimum Gasteiger partial charge on any atom is -0.419 e. The third kappa shape index (κ3) is 2.12. The first-order valence-corrected chi connectivity index (χ1v) is 4.57. The standard InChI is InChI=1S/C9H5ClF2N2O/c10-4-8-13-14-9(15-8)5-1-6(11)3-7(12)2-5/h1-3H,4H2. The van der Waals surface area contributed by atoms with Crippen molar-refractivity contribution in [3.8, 4) is 11.5 Å². The van der Waals surface area contributed by atoms with Gasteiger partial charge in [0.05, 0.1) is 0 Å². The molecule has 1 heterocycles. The number of hydrogen-bond acceptors (Lipinski definition) is 3. The monoisotopic (exact) mass is 230 g/mol. The summed E-state index contributed by atoms with van der Waals surface area (Å²) in [7, 11) is 0. The number of aromatic nitrogens is 2. The van der Waals surface area contributed by atoms with E-state index in [1.165, 1.54) is 0 Å². The largest absolute Gasteiger partial charge is 0.419 e. The van der Waals surface area contributed by atoms with Crippen molar-refractivity contribution in [3.05, 3.63) is 35.7 Å². The zero-order chi connectivity index (χ0) is 10.8. The van der Waals surface area contributed by atoms with Crippen LogP contribution in [0.4, 0.5) is 8.78 Å². The maximum absolute atomic E-state index is 12.8. The second-order valence-corrected chi connectivity index (χ2v) is 3.06. The molecule has 0 atom stereocenters. The van der Waals surface area contributed by atoms with Crippen LogP contribution < -0.4 is 0 Å². The summed E-state index contributed by atoms with van der Waals surface area (Å²) < 4.78 is 30.7. The van der Waals surface area contributed by atoms with E-state index in [2.05, 4.69) is 10.2 Å². The quantitative estimate of drug-likeness (QED) is 0.745. The van der Waals surface area contributed by atoms with Crippen molar-refractivity contribution in [3.63, 3.8) is 0 Å². The second kappa shape index (κ2) is 3.94. The molecule has 15 heavy (non-hydrogen) atoms. The summed E-state index contributed by atoms with van der Waals surface area (Å²) in [4.78, 5) is 0. The van der Waals surface area contributed by atoms with Crippen molar-refractivity contribution in [1.29, 1.82) is 0 Å². The summed E-state index contributed by atoms with van der Waals surface area (Å²) >= 11 is 5.45. The van der Waals surface area contributed by atoms with E-state index in [1.807, 2.05) is 0 Å². The zero-order valence-corrected chi connectivity index (χ0v) is 8.13. The fraction of sp³-hybridized carbons (Fsp3) is 0.111. The average molecular weight is 231 g/mol. The Hall–Kier alpha value is -1.49. The number of alkyl halides is 1. The third-order valence-corrected chi connectivity index (χ3v) is 1.92. The highest BCUT2D eigenvalue weighted by Crippen LogP contribution is 2.20. The van der Waals surface area contributed by atoms with Crippen molar-refractivity contribution in [2.24, 2.45) is 0 Å². The molecule has 0 saturated carbocycles. The SMILES string of the molecule is Fc1cc(F)cc(-c2nnc(CCl)o2)c1. The van der Waals surface area contributed by atoms with Crippen molar-refractivity contribution in [2.45, 2.75) is 5.88 Å². The molecule has 0 aliphatic rings. The van der Waals surface area contributed by atoms with Crippen LogP contribution in [0.3, 0.4) is 0 Å². The van der Waals surface area contributed by atoms with Crippen LogP contribution in [0.1, 0.15) is 5.89 Å². The Kier molecular flexibility index (Phi) is 2.64. The second-order valence-electron chi connectivity index (χ2n) is 2.79. The van der Waals surface area contributed by atoms with Gasteiger partial charge in [-0.15, -0.1) is 21.8 Å². The summed E-state index contributed by atoms with van der Waals surface area (Å²) in [5.41, 5.74) is 0.191. The van der Waals surface area contributed by atoms with Crippen molar-refractivity contribution >= 4 is 11.6 Å². The number of nitrogens with zero attached hydrogens (tertiary/aromatic N) is 2. The van der Waals surface area contributed by atoms with Crippen molar-refractivity contribution < 1.29 is 13.2 Å². The molecule has 0 N–H and O–H groups in total. The van der Waals surface area contributed by atoms with Crippen LogP contribution in [-0.2, 0) is 5.88 Å². The van der Waals surface area contributed by atoms with Gasteiger partial charge >= 0.3 is 0 Å². The van der Waals surface area contributed by atoms with Crippen LogP contribution in [-0.4, -0.2) is 10.2 Å². The lowest BCUT2D eigenvalue weighted by Crippen LogP contribution is -1.84. The molecule has 0 radical (unpaired) electrons. The molecule has 3 nitrogen and oxygen atoms in total. The van der Waals surface area contributed by atoms with Gasteiger partial charge in [-0.2, -0.15) is 0 Å². The Bertz CT molecular complexity index is 466. The number of hydrogen-bond donors (Lipinski definition) is 0. The molecule has 6 heteroatoms. The predicted molar refractivity (Wildman–Crippen MR) is 49.2 cm³/mol. The van der Waals surface area contributed by atoms with E-state index in [1.54, 1.807) is 0 Å². The topological polar surface area (TPSA) is 38.9 Å². The van der Waals surface area contributed by atoms with E-state index in [0.29, 0.717) is 0 Å². The highest BCUT2D eigenvalue weighted by molar-refractivity contribution is 6.16. The predicted octanol–water partition coefficient (Wildman–Crippen LogP) is 2.75. The Labute approximate surface area is 88.7 Å². The molecule has 78 valence electrons. The molecule has 2 rings (SSSR count). The van der Waals surface area contributed by atoms with E-state index in [4.69, 9.17) is 16.0 Å². The maximum atomic E-state index is 12.8. The molecule has 1 aromatic heterocycles. The normalized spacial score (nSPS) is 10.6. The van der Waals surface area contributed by atoms with E-state index in [-0.39, 0.29) is 23.2 Å². The first-order chi connectivity index (χ1) is 7.19. The summed E-state index contributed by atoms with van der Waals surface area (Å²) in [5, 5.41) is 7.18. The van der Waals surface area contributed by atoms with Crippen molar-refractivity contribution in [1.82, 2.24) is 10.2 Å². The van der Waals surface area contributed by atoms with Crippen LogP contribution >= 0.6 is 11.6 Å². The van der Waals surface area contributed by atoms with Gasteiger partial charge in [-0.3, -0.25) is 0 Å². The molecule has 0 saturated heterocycles. The van der Waals surface area contributed by atoms with Crippen LogP contribution in [0.25, 0.3) is 11.5 Å². The highest BCUT2D eigenvalue weighted by atomic mass is 35.5. The summed E-state index contributed by atoms with van der Waals surface area (Å²) in [5.74, 6) is -1.09. The maximum Gasteiger partial charge on any atom is 0.248 e. The molecule has 0 unspecified atom stereocenters. The van der Waals surface area contributed by atoms with Gasteiger partial charge < -0.3 is 4.42 Å². The summed E-state index contributed by atoms with van der Waals surface area (Å²) in [6, 6.07) is 2.98. The van der Waals surface area contributed by atoms with Crippen LogP contribution in [0, 0.1) is 11.6 Å². The van der Waals surface area contributed by atoms with E-state index in [0.717, 1.165) is 18.2 Å². The third-order valence-electron chi connectivity index (χ3n) is 1.69. The molecule has 0 bridgehead atoms. The fourth-order valence-electron chi connectivity index (χ4n) is 1.10. The Morgan fingerprint density at radius 2 is 1.80 bits per heavy atom. The number of rotatable bonds is 2. The van der Waals surface area contributed by atoms with Crippen LogP contribution in [0.2, 0.25) is 0 Å². The van der Waals surface area contributed by atoms with Gasteiger partial charge in [0.15, 0.2) is 0 Å². The molecule has 0 spiro atoms. The van der Waals surface area contributed by atoms with Crippen LogP contribution in [0.5, 0.6) is 0 Å². The molecule has 2 aromatic rings. The Balaban J connectivity index is 2.44. The molecular formula is C9H5ClF2N2O. The summed E-state index contributed by atoms with van der Waals surface area (Å²) in [6.45, 7) is 0. The zero-order valence-electron chi connectivity index (χ0n) is 7.38. The average Bonchev–Trinajstić information content (AvgIpc) is 2.64. The van der Waals surface area contributed by atoms with Gasteiger partial charge in [-0.05, 0) is 12.1 Å². The van der Waals surface area contributed by atoms with E-state index >= 15 is 0 Å². The Morgan fingerprint density at radius 1 is 1.13 bits per heavy atom. The molecule has 0 aliphatic carbocycles. The minimum absolute atomic E-state index is 0.0454. The van der Waals surface area contributed by atoms with Gasteiger partial charge in [0.2, 0.25) is 11.8 Å². The van der Waals surface area contributed by atoms with E-state index in [9.17, 15) is 8.78 Å². The molecule has 0 fully saturated rings. The van der Waals surface area contributed by atoms with Gasteiger partial charge in [-0.1, -0.05) is 0 Å². The highest BCUT2D eigenvalue weighted by Gasteiger charge is 2.10. The lowest BCUT2D eigenvalue weighted by Gasteiger charge is -1.95. The van der Waals surface area contributed by atoms with E-state index < -0.39 is 11.6 Å².